The van der Waals surface area contributed by atoms with Crippen LogP contribution in [0.3, 0.4) is 0 Å². The number of para-hydroxylation sites is 1. The Morgan fingerprint density at radius 3 is 2.43 bits per heavy atom. The van der Waals surface area contributed by atoms with Gasteiger partial charge >= 0.3 is 5.97 Å². The highest BCUT2D eigenvalue weighted by Gasteiger charge is 2.19. The number of carbonyl (C=O) groups excluding carboxylic acids is 2. The molecule has 0 aliphatic carbocycles. The summed E-state index contributed by atoms with van der Waals surface area (Å²) in [7, 11) is 1.72. The Kier molecular flexibility index (Phi) is 6.64. The number of esters is 1. The van der Waals surface area contributed by atoms with Gasteiger partial charge in [-0.2, -0.15) is 0 Å². The molecule has 1 amide bonds. The third kappa shape index (κ3) is 4.75. The maximum absolute atomic E-state index is 12.8. The first kappa shape index (κ1) is 21.7. The molecule has 0 unspecified atom stereocenters. The number of amides is 1. The second kappa shape index (κ2) is 9.19. The first-order valence-electron chi connectivity index (χ1n) is 9.01. The number of ether oxygens (including phenoxy) is 1. The van der Waals surface area contributed by atoms with Crippen molar-refractivity contribution in [2.24, 2.45) is 7.05 Å². The van der Waals surface area contributed by atoms with Crippen LogP contribution in [0.25, 0.3) is 5.69 Å². The van der Waals surface area contributed by atoms with Gasteiger partial charge in [0.25, 0.3) is 11.5 Å². The SMILES string of the molecule is Cc1c(NC(=O)COC(=O)Cc2ccc(Cl)c(Cl)c2)c(=O)n(-c2ccccc2)n1C. The fourth-order valence-electron chi connectivity index (χ4n) is 2.90. The van der Waals surface area contributed by atoms with Crippen LogP contribution in [0.1, 0.15) is 11.3 Å². The minimum absolute atomic E-state index is 0.0602. The summed E-state index contributed by atoms with van der Waals surface area (Å²) in [5.74, 6) is -1.21. The zero-order valence-electron chi connectivity index (χ0n) is 16.3. The molecule has 3 aromatic rings. The highest BCUT2D eigenvalue weighted by atomic mass is 35.5. The Bertz CT molecular complexity index is 1150. The molecule has 1 aromatic heterocycles. The summed E-state index contributed by atoms with van der Waals surface area (Å²) in [6, 6.07) is 13.8. The molecule has 0 spiro atoms. The number of nitrogens with one attached hydrogen (secondary N) is 1. The van der Waals surface area contributed by atoms with Gasteiger partial charge in [-0.15, -0.1) is 0 Å². The van der Waals surface area contributed by atoms with Crippen LogP contribution in [0.15, 0.2) is 53.3 Å². The van der Waals surface area contributed by atoms with Crippen molar-refractivity contribution in [3.8, 4) is 5.69 Å². The van der Waals surface area contributed by atoms with Crippen LogP contribution in [-0.2, 0) is 27.8 Å². The van der Waals surface area contributed by atoms with Crippen LogP contribution in [0.4, 0.5) is 5.69 Å². The first-order chi connectivity index (χ1) is 14.3. The smallest absolute Gasteiger partial charge is 0.310 e. The summed E-state index contributed by atoms with van der Waals surface area (Å²) in [6.45, 7) is 1.20. The van der Waals surface area contributed by atoms with E-state index in [0.717, 1.165) is 0 Å². The second-order valence-electron chi connectivity index (χ2n) is 6.57. The quantitative estimate of drug-likeness (QED) is 0.586. The molecule has 2 aromatic carbocycles. The highest BCUT2D eigenvalue weighted by Crippen LogP contribution is 2.23. The van der Waals surface area contributed by atoms with Crippen molar-refractivity contribution in [1.82, 2.24) is 9.36 Å². The average Bonchev–Trinajstić information content (AvgIpc) is 2.93. The van der Waals surface area contributed by atoms with Gasteiger partial charge in [0, 0.05) is 7.05 Å². The number of benzene rings is 2. The van der Waals surface area contributed by atoms with Gasteiger partial charge in [0.15, 0.2) is 6.61 Å². The van der Waals surface area contributed by atoms with E-state index in [1.807, 2.05) is 18.2 Å². The molecule has 1 heterocycles. The topological polar surface area (TPSA) is 82.3 Å². The van der Waals surface area contributed by atoms with E-state index in [0.29, 0.717) is 27.0 Å². The van der Waals surface area contributed by atoms with Crippen molar-refractivity contribution in [1.29, 1.82) is 0 Å². The number of aromatic nitrogens is 2. The molecule has 0 aliphatic heterocycles. The fraction of sp³-hybridized carbons (Fsp3) is 0.190. The third-order valence-electron chi connectivity index (χ3n) is 4.52. The molecular weight excluding hydrogens is 429 g/mol. The number of halogens is 2. The van der Waals surface area contributed by atoms with Crippen molar-refractivity contribution in [3.05, 3.63) is 80.2 Å². The van der Waals surface area contributed by atoms with Gasteiger partial charge in [-0.1, -0.05) is 47.5 Å². The molecule has 0 radical (unpaired) electrons. The molecule has 7 nitrogen and oxygen atoms in total. The Morgan fingerprint density at radius 2 is 1.77 bits per heavy atom. The van der Waals surface area contributed by atoms with E-state index in [2.05, 4.69) is 5.32 Å². The summed E-state index contributed by atoms with van der Waals surface area (Å²) < 4.78 is 8.10. The van der Waals surface area contributed by atoms with Crippen LogP contribution < -0.4 is 10.9 Å². The van der Waals surface area contributed by atoms with Crippen molar-refractivity contribution < 1.29 is 14.3 Å². The summed E-state index contributed by atoms with van der Waals surface area (Å²) in [6.07, 6.45) is -0.0602. The Labute approximate surface area is 182 Å². The zero-order valence-corrected chi connectivity index (χ0v) is 17.8. The van der Waals surface area contributed by atoms with E-state index in [4.69, 9.17) is 27.9 Å². The first-order valence-corrected chi connectivity index (χ1v) is 9.77. The number of anilines is 1. The van der Waals surface area contributed by atoms with Crippen LogP contribution in [0, 0.1) is 6.92 Å². The fourth-order valence-corrected chi connectivity index (χ4v) is 3.22. The standard InChI is InChI=1S/C21H19Cl2N3O4/c1-13-20(21(29)26(25(13)2)15-6-4-3-5-7-15)24-18(27)12-30-19(28)11-14-8-9-16(22)17(23)10-14/h3-10H,11-12H2,1-2H3,(H,24,27). The number of hydrogen-bond donors (Lipinski definition) is 1. The molecule has 156 valence electrons. The number of nitrogens with zero attached hydrogens (tertiary/aromatic N) is 2. The zero-order chi connectivity index (χ0) is 21.8. The van der Waals surface area contributed by atoms with Gasteiger partial charge in [-0.3, -0.25) is 19.1 Å². The average molecular weight is 448 g/mol. The molecule has 0 bridgehead atoms. The van der Waals surface area contributed by atoms with Crippen molar-refractivity contribution in [2.75, 3.05) is 11.9 Å². The van der Waals surface area contributed by atoms with Crippen LogP contribution in [0.5, 0.6) is 0 Å². The van der Waals surface area contributed by atoms with Gasteiger partial charge in [-0.05, 0) is 36.8 Å². The Hall–Kier alpha value is -3.03. The Balaban J connectivity index is 1.64. The lowest BCUT2D eigenvalue weighted by molar-refractivity contribution is -0.146. The predicted octanol–water partition coefficient (Wildman–Crippen LogP) is 3.52. The van der Waals surface area contributed by atoms with Crippen molar-refractivity contribution in [2.45, 2.75) is 13.3 Å². The van der Waals surface area contributed by atoms with E-state index in [9.17, 15) is 14.4 Å². The monoisotopic (exact) mass is 447 g/mol. The summed E-state index contributed by atoms with van der Waals surface area (Å²) in [5, 5.41) is 3.25. The summed E-state index contributed by atoms with van der Waals surface area (Å²) in [5.41, 5.74) is 1.60. The predicted molar refractivity (Wildman–Crippen MR) is 116 cm³/mol. The van der Waals surface area contributed by atoms with Crippen LogP contribution >= 0.6 is 23.2 Å². The minimum atomic E-state index is -0.608. The molecule has 30 heavy (non-hydrogen) atoms. The molecule has 0 saturated heterocycles. The van der Waals surface area contributed by atoms with Gasteiger partial charge in [0.05, 0.1) is 27.8 Å². The van der Waals surface area contributed by atoms with Gasteiger partial charge in [-0.25, -0.2) is 4.68 Å². The highest BCUT2D eigenvalue weighted by molar-refractivity contribution is 6.42. The summed E-state index contributed by atoms with van der Waals surface area (Å²) >= 11 is 11.8. The molecule has 0 fully saturated rings. The number of carbonyl (C=O) groups is 2. The second-order valence-corrected chi connectivity index (χ2v) is 7.39. The molecule has 3 rings (SSSR count). The van der Waals surface area contributed by atoms with Crippen LogP contribution in [-0.4, -0.2) is 27.8 Å². The molecule has 0 aliphatic rings. The maximum atomic E-state index is 12.8. The third-order valence-corrected chi connectivity index (χ3v) is 5.25. The normalized spacial score (nSPS) is 10.7. The van der Waals surface area contributed by atoms with Gasteiger partial charge in [0.2, 0.25) is 0 Å². The van der Waals surface area contributed by atoms with E-state index in [-0.39, 0.29) is 17.7 Å². The van der Waals surface area contributed by atoms with Crippen molar-refractivity contribution in [3.63, 3.8) is 0 Å². The van der Waals surface area contributed by atoms with Crippen LogP contribution in [0.2, 0.25) is 10.0 Å². The summed E-state index contributed by atoms with van der Waals surface area (Å²) in [4.78, 5) is 37.0. The van der Waals surface area contributed by atoms with E-state index >= 15 is 0 Å². The van der Waals surface area contributed by atoms with Gasteiger partial charge in [0.1, 0.15) is 5.69 Å². The van der Waals surface area contributed by atoms with E-state index in [1.54, 1.807) is 49.0 Å². The van der Waals surface area contributed by atoms with Crippen molar-refractivity contribution >= 4 is 40.8 Å². The number of hydrogen-bond acceptors (Lipinski definition) is 4. The lowest BCUT2D eigenvalue weighted by atomic mass is 10.1. The van der Waals surface area contributed by atoms with Gasteiger partial charge < -0.3 is 10.1 Å². The Morgan fingerprint density at radius 1 is 1.07 bits per heavy atom. The molecule has 0 saturated carbocycles. The maximum Gasteiger partial charge on any atom is 0.310 e. The lowest BCUT2D eigenvalue weighted by Gasteiger charge is -2.07. The minimum Gasteiger partial charge on any atom is -0.455 e. The molecular formula is C21H19Cl2N3O4. The van der Waals surface area contributed by atoms with E-state index in [1.165, 1.54) is 4.68 Å². The number of rotatable bonds is 6. The molecule has 1 N–H and O–H groups in total. The molecule has 0 atom stereocenters. The lowest BCUT2D eigenvalue weighted by Crippen LogP contribution is -2.26. The largest absolute Gasteiger partial charge is 0.455 e. The molecule has 9 heteroatoms. The van der Waals surface area contributed by atoms with E-state index < -0.39 is 18.5 Å².